The molecule has 0 saturated heterocycles. The quantitative estimate of drug-likeness (QED) is 0.675. The highest BCUT2D eigenvalue weighted by Crippen LogP contribution is 2.42. The van der Waals surface area contributed by atoms with Crippen LogP contribution in [0.1, 0.15) is 24.8 Å². The van der Waals surface area contributed by atoms with Crippen LogP contribution in [0.25, 0.3) is 0 Å². The number of halogens is 1. The molecule has 0 radical (unpaired) electrons. The van der Waals surface area contributed by atoms with Gasteiger partial charge in [-0.2, -0.15) is 5.26 Å². The molecule has 0 aromatic heterocycles. The fraction of sp³-hybridized carbons (Fsp3) is 0.385. The lowest BCUT2D eigenvalue weighted by atomic mass is 9.69. The molecule has 1 amide bonds. The second-order valence-electron chi connectivity index (χ2n) is 4.88. The minimum absolute atomic E-state index is 0.0666. The SMILES string of the molecule is Cc1cc(Br)c(NC(=O)C2(C#N)CCC2)cc1[N+](=O)[O-]. The van der Waals surface area contributed by atoms with Gasteiger partial charge in [0, 0.05) is 16.1 Å². The molecule has 1 saturated carbocycles. The van der Waals surface area contributed by atoms with Crippen LogP contribution in [0.2, 0.25) is 0 Å². The number of nitriles is 1. The first-order valence-electron chi connectivity index (χ1n) is 6.07. The average molecular weight is 338 g/mol. The number of rotatable bonds is 3. The third-order valence-corrected chi connectivity index (χ3v) is 4.24. The Kier molecular flexibility index (Phi) is 3.77. The highest BCUT2D eigenvalue weighted by atomic mass is 79.9. The molecule has 0 unspecified atom stereocenters. The van der Waals surface area contributed by atoms with Crippen molar-refractivity contribution in [1.29, 1.82) is 5.26 Å². The van der Waals surface area contributed by atoms with E-state index in [-0.39, 0.29) is 5.69 Å². The summed E-state index contributed by atoms with van der Waals surface area (Å²) in [5.41, 5.74) is -0.241. The summed E-state index contributed by atoms with van der Waals surface area (Å²) in [4.78, 5) is 22.6. The fourth-order valence-corrected chi connectivity index (χ4v) is 2.67. The van der Waals surface area contributed by atoms with Gasteiger partial charge in [0.2, 0.25) is 5.91 Å². The summed E-state index contributed by atoms with van der Waals surface area (Å²) >= 11 is 3.27. The van der Waals surface area contributed by atoms with Crippen molar-refractivity contribution in [2.75, 3.05) is 5.32 Å². The van der Waals surface area contributed by atoms with Crippen LogP contribution >= 0.6 is 15.9 Å². The van der Waals surface area contributed by atoms with Crippen LogP contribution < -0.4 is 5.32 Å². The lowest BCUT2D eigenvalue weighted by Crippen LogP contribution is -2.40. The Hall–Kier alpha value is -1.94. The van der Waals surface area contributed by atoms with Gasteiger partial charge >= 0.3 is 0 Å². The van der Waals surface area contributed by atoms with E-state index in [1.165, 1.54) is 6.07 Å². The van der Waals surface area contributed by atoms with Crippen LogP contribution in [-0.2, 0) is 4.79 Å². The van der Waals surface area contributed by atoms with Crippen molar-refractivity contribution < 1.29 is 9.72 Å². The first kappa shape index (κ1) is 14.5. The van der Waals surface area contributed by atoms with E-state index in [0.29, 0.717) is 28.6 Å². The van der Waals surface area contributed by atoms with Gasteiger partial charge in [0.25, 0.3) is 5.69 Å². The topological polar surface area (TPSA) is 96.0 Å². The smallest absolute Gasteiger partial charge is 0.274 e. The highest BCUT2D eigenvalue weighted by molar-refractivity contribution is 9.10. The van der Waals surface area contributed by atoms with Gasteiger partial charge in [-0.15, -0.1) is 0 Å². The summed E-state index contributed by atoms with van der Waals surface area (Å²) in [5, 5.41) is 22.6. The Balaban J connectivity index is 2.30. The van der Waals surface area contributed by atoms with Gasteiger partial charge in [-0.25, -0.2) is 0 Å². The second kappa shape index (κ2) is 5.21. The van der Waals surface area contributed by atoms with Crippen molar-refractivity contribution >= 4 is 33.2 Å². The Labute approximate surface area is 124 Å². The van der Waals surface area contributed by atoms with Gasteiger partial charge in [-0.3, -0.25) is 14.9 Å². The number of anilines is 1. The molecule has 1 aliphatic rings. The number of nitro groups is 1. The minimum Gasteiger partial charge on any atom is -0.323 e. The number of nitrogens with one attached hydrogen (secondary N) is 1. The van der Waals surface area contributed by atoms with E-state index in [9.17, 15) is 14.9 Å². The molecular weight excluding hydrogens is 326 g/mol. The lowest BCUT2D eigenvalue weighted by molar-refractivity contribution is -0.385. The summed E-state index contributed by atoms with van der Waals surface area (Å²) in [5.74, 6) is -0.398. The van der Waals surface area contributed by atoms with Crippen LogP contribution in [-0.4, -0.2) is 10.8 Å². The molecule has 7 heteroatoms. The zero-order valence-corrected chi connectivity index (χ0v) is 12.4. The number of aryl methyl sites for hydroxylation is 1. The third-order valence-electron chi connectivity index (χ3n) is 3.59. The number of amides is 1. The van der Waals surface area contributed by atoms with Crippen molar-refractivity contribution in [3.8, 4) is 6.07 Å². The number of hydrogen-bond donors (Lipinski definition) is 1. The van der Waals surface area contributed by atoms with Gasteiger partial charge in [0.1, 0.15) is 5.41 Å². The number of nitro benzene ring substituents is 1. The largest absolute Gasteiger partial charge is 0.323 e. The van der Waals surface area contributed by atoms with Crippen LogP contribution in [0.3, 0.4) is 0 Å². The standard InChI is InChI=1S/C13H12BrN3O3/c1-8-5-9(14)10(6-11(8)17(19)20)16-12(18)13(7-15)3-2-4-13/h5-6H,2-4H2,1H3,(H,16,18). The van der Waals surface area contributed by atoms with Gasteiger partial charge in [-0.05, 0) is 48.2 Å². The number of carbonyl (C=O) groups is 1. The summed E-state index contributed by atoms with van der Waals surface area (Å²) < 4.78 is 0.557. The van der Waals surface area contributed by atoms with Crippen molar-refractivity contribution in [3.63, 3.8) is 0 Å². The number of benzene rings is 1. The van der Waals surface area contributed by atoms with Gasteiger partial charge in [0.15, 0.2) is 0 Å². The predicted octanol–water partition coefficient (Wildman–Crippen LogP) is 3.30. The molecule has 0 atom stereocenters. The predicted molar refractivity (Wildman–Crippen MR) is 76.1 cm³/mol. The molecule has 1 aromatic carbocycles. The number of hydrogen-bond acceptors (Lipinski definition) is 4. The molecule has 104 valence electrons. The second-order valence-corrected chi connectivity index (χ2v) is 5.73. The number of carbonyl (C=O) groups excluding carboxylic acids is 1. The van der Waals surface area contributed by atoms with E-state index >= 15 is 0 Å². The first-order valence-corrected chi connectivity index (χ1v) is 6.86. The molecule has 1 aromatic rings. The molecule has 1 fully saturated rings. The van der Waals surface area contributed by atoms with E-state index in [1.54, 1.807) is 13.0 Å². The van der Waals surface area contributed by atoms with Crippen LogP contribution in [0.5, 0.6) is 0 Å². The minimum atomic E-state index is -0.987. The van der Waals surface area contributed by atoms with Crippen LogP contribution in [0.4, 0.5) is 11.4 Å². The normalized spacial score (nSPS) is 15.8. The van der Waals surface area contributed by atoms with E-state index in [1.807, 2.05) is 6.07 Å². The van der Waals surface area contributed by atoms with Crippen LogP contribution in [0, 0.1) is 33.8 Å². The summed E-state index contributed by atoms with van der Waals surface area (Å²) in [7, 11) is 0. The Bertz CT molecular complexity index is 632. The van der Waals surface area contributed by atoms with Gasteiger partial charge < -0.3 is 5.32 Å². The Morgan fingerprint density at radius 3 is 2.65 bits per heavy atom. The Morgan fingerprint density at radius 1 is 1.55 bits per heavy atom. The third kappa shape index (κ3) is 2.39. The highest BCUT2D eigenvalue weighted by Gasteiger charge is 2.44. The molecule has 1 N–H and O–H groups in total. The zero-order valence-electron chi connectivity index (χ0n) is 10.8. The molecule has 20 heavy (non-hydrogen) atoms. The van der Waals surface area contributed by atoms with E-state index in [4.69, 9.17) is 5.26 Å². The van der Waals surface area contributed by atoms with Gasteiger partial charge in [0.05, 0.1) is 16.7 Å². The van der Waals surface area contributed by atoms with Crippen molar-refractivity contribution in [2.45, 2.75) is 26.2 Å². The van der Waals surface area contributed by atoms with Crippen molar-refractivity contribution in [3.05, 3.63) is 32.3 Å². The Morgan fingerprint density at radius 2 is 2.20 bits per heavy atom. The molecule has 0 bridgehead atoms. The van der Waals surface area contributed by atoms with Crippen molar-refractivity contribution in [1.82, 2.24) is 0 Å². The molecule has 2 rings (SSSR count). The van der Waals surface area contributed by atoms with Crippen molar-refractivity contribution in [2.24, 2.45) is 5.41 Å². The maximum Gasteiger partial charge on any atom is 0.274 e. The van der Waals surface area contributed by atoms with Gasteiger partial charge in [-0.1, -0.05) is 0 Å². The molecule has 0 aliphatic heterocycles. The molecular formula is C13H12BrN3O3. The lowest BCUT2D eigenvalue weighted by Gasteiger charge is -2.33. The number of nitrogens with zero attached hydrogens (tertiary/aromatic N) is 2. The summed E-state index contributed by atoms with van der Waals surface area (Å²) in [6.45, 7) is 1.62. The first-order chi connectivity index (χ1) is 9.39. The summed E-state index contributed by atoms with van der Waals surface area (Å²) in [6.07, 6.45) is 1.90. The fourth-order valence-electron chi connectivity index (χ4n) is 2.12. The molecule has 1 aliphatic carbocycles. The monoisotopic (exact) mass is 337 g/mol. The van der Waals surface area contributed by atoms with E-state index < -0.39 is 16.2 Å². The maximum absolute atomic E-state index is 12.1. The van der Waals surface area contributed by atoms with E-state index in [0.717, 1.165) is 6.42 Å². The zero-order chi connectivity index (χ0) is 14.9. The van der Waals surface area contributed by atoms with E-state index in [2.05, 4.69) is 21.2 Å². The summed E-state index contributed by atoms with van der Waals surface area (Å²) in [6, 6.07) is 4.93. The maximum atomic E-state index is 12.1. The molecule has 0 heterocycles. The molecule has 0 spiro atoms. The average Bonchev–Trinajstić information content (AvgIpc) is 2.31. The molecule has 6 nitrogen and oxygen atoms in total. The van der Waals surface area contributed by atoms with Crippen LogP contribution in [0.15, 0.2) is 16.6 Å².